The molecule has 0 amide bonds. The zero-order chi connectivity index (χ0) is 20.4. The van der Waals surface area contributed by atoms with E-state index in [-0.39, 0.29) is 11.3 Å². The molecule has 146 valence electrons. The number of alkyl halides is 3. The largest absolute Gasteiger partial charge is 0.508 e. The Morgan fingerprint density at radius 1 is 0.828 bits per heavy atom. The first-order valence-corrected chi connectivity index (χ1v) is 9.24. The zero-order valence-electron chi connectivity index (χ0n) is 15.4. The van der Waals surface area contributed by atoms with E-state index < -0.39 is 11.7 Å². The Labute approximate surface area is 166 Å². The van der Waals surface area contributed by atoms with Crippen molar-refractivity contribution in [2.24, 2.45) is 0 Å². The van der Waals surface area contributed by atoms with Crippen molar-refractivity contribution in [3.63, 3.8) is 0 Å². The molecule has 0 saturated heterocycles. The molecule has 1 N–H and O–H groups in total. The van der Waals surface area contributed by atoms with Crippen LogP contribution in [-0.2, 0) is 19.0 Å². The molecule has 0 unspecified atom stereocenters. The molecule has 0 aliphatic heterocycles. The summed E-state index contributed by atoms with van der Waals surface area (Å²) < 4.78 is 40.5. The van der Waals surface area contributed by atoms with E-state index in [1.807, 2.05) is 30.3 Å². The minimum Gasteiger partial charge on any atom is -0.508 e. The van der Waals surface area contributed by atoms with E-state index in [0.29, 0.717) is 22.9 Å². The van der Waals surface area contributed by atoms with Gasteiger partial charge in [0.05, 0.1) is 11.1 Å². The molecular weight excluding hydrogens is 375 g/mol. The minimum atomic E-state index is -4.49. The summed E-state index contributed by atoms with van der Waals surface area (Å²) >= 11 is 0. The van der Waals surface area contributed by atoms with Gasteiger partial charge in [-0.2, -0.15) is 13.2 Å². The highest BCUT2D eigenvalue weighted by molar-refractivity contribution is 5.98. The number of phenols is 1. The number of aromatic hydroxyl groups is 1. The first-order chi connectivity index (χ1) is 13.9. The molecule has 1 aromatic heterocycles. The summed E-state index contributed by atoms with van der Waals surface area (Å²) in [6.45, 7) is 0. The summed E-state index contributed by atoms with van der Waals surface area (Å²) in [5.41, 5.74) is 2.48. The third-order valence-corrected chi connectivity index (χ3v) is 4.94. The summed E-state index contributed by atoms with van der Waals surface area (Å²) in [5.74, 6) is 0.0634. The fourth-order valence-corrected chi connectivity index (χ4v) is 3.61. The second-order valence-electron chi connectivity index (χ2n) is 6.89. The molecule has 3 aromatic carbocycles. The maximum atomic E-state index is 13.5. The summed E-state index contributed by atoms with van der Waals surface area (Å²) in [6, 6.07) is 20.6. The van der Waals surface area contributed by atoms with Gasteiger partial charge in [-0.3, -0.25) is 4.98 Å². The van der Waals surface area contributed by atoms with E-state index in [0.717, 1.165) is 23.6 Å². The third-order valence-electron chi connectivity index (χ3n) is 4.94. The smallest absolute Gasteiger partial charge is 0.418 e. The van der Waals surface area contributed by atoms with Crippen LogP contribution < -0.4 is 0 Å². The van der Waals surface area contributed by atoms with Gasteiger partial charge in [0.15, 0.2) is 0 Å². The van der Waals surface area contributed by atoms with Crippen LogP contribution in [0.1, 0.15) is 16.7 Å². The molecule has 0 spiro atoms. The van der Waals surface area contributed by atoms with E-state index in [2.05, 4.69) is 4.98 Å². The Kier molecular flexibility index (Phi) is 4.97. The van der Waals surface area contributed by atoms with E-state index in [9.17, 15) is 18.3 Å². The minimum absolute atomic E-state index is 0.0634. The number of hydrogen-bond acceptors (Lipinski definition) is 2. The monoisotopic (exact) mass is 393 g/mol. The lowest BCUT2D eigenvalue weighted by Crippen LogP contribution is -2.07. The molecule has 0 aliphatic rings. The van der Waals surface area contributed by atoms with Crippen molar-refractivity contribution < 1.29 is 18.3 Å². The average molecular weight is 393 g/mol. The van der Waals surface area contributed by atoms with Crippen molar-refractivity contribution in [2.75, 3.05) is 0 Å². The van der Waals surface area contributed by atoms with Gasteiger partial charge in [0.1, 0.15) is 5.75 Å². The van der Waals surface area contributed by atoms with Crippen LogP contribution in [0.2, 0.25) is 0 Å². The number of halogens is 3. The number of pyridine rings is 1. The third kappa shape index (κ3) is 3.94. The first-order valence-electron chi connectivity index (χ1n) is 9.24. The molecule has 4 aromatic rings. The molecule has 0 radical (unpaired) electrons. The molecule has 0 atom stereocenters. The second-order valence-corrected chi connectivity index (χ2v) is 6.89. The number of phenolic OH excluding ortho intramolecular Hbond substituents is 1. The van der Waals surface area contributed by atoms with Crippen LogP contribution >= 0.6 is 0 Å². The number of aromatic nitrogens is 1. The molecular formula is C24H18F3NO. The van der Waals surface area contributed by atoms with Crippen molar-refractivity contribution in [1.82, 2.24) is 4.98 Å². The van der Waals surface area contributed by atoms with Crippen LogP contribution in [-0.4, -0.2) is 10.1 Å². The molecule has 29 heavy (non-hydrogen) atoms. The van der Waals surface area contributed by atoms with E-state index >= 15 is 0 Å². The van der Waals surface area contributed by atoms with Gasteiger partial charge in [-0.1, -0.05) is 54.6 Å². The summed E-state index contributed by atoms with van der Waals surface area (Å²) in [7, 11) is 0. The highest BCUT2D eigenvalue weighted by atomic mass is 19.4. The Hall–Kier alpha value is -3.34. The molecule has 0 bridgehead atoms. The Balaban J connectivity index is 1.90. The van der Waals surface area contributed by atoms with Crippen molar-refractivity contribution in [3.05, 3.63) is 95.7 Å². The zero-order valence-corrected chi connectivity index (χ0v) is 15.4. The summed E-state index contributed by atoms with van der Waals surface area (Å²) in [6.07, 6.45) is -1.61. The van der Waals surface area contributed by atoms with Gasteiger partial charge in [0.25, 0.3) is 0 Å². The van der Waals surface area contributed by atoms with Crippen molar-refractivity contribution in [1.29, 1.82) is 0 Å². The average Bonchev–Trinajstić information content (AvgIpc) is 2.71. The van der Waals surface area contributed by atoms with Gasteiger partial charge in [-0.25, -0.2) is 0 Å². The fraction of sp³-hybridized carbons (Fsp3) is 0.125. The van der Waals surface area contributed by atoms with E-state index in [4.69, 9.17) is 0 Å². The number of nitrogens with zero attached hydrogens (tertiary/aromatic N) is 1. The molecule has 1 heterocycles. The van der Waals surface area contributed by atoms with Crippen LogP contribution in [0.3, 0.4) is 0 Å². The van der Waals surface area contributed by atoms with Gasteiger partial charge < -0.3 is 5.11 Å². The van der Waals surface area contributed by atoms with Crippen LogP contribution in [0.15, 0.2) is 79.0 Å². The number of fused-ring (bicyclic) bond motifs is 1. The van der Waals surface area contributed by atoms with Crippen molar-refractivity contribution in [2.45, 2.75) is 19.0 Å². The van der Waals surface area contributed by atoms with Gasteiger partial charge >= 0.3 is 6.18 Å². The molecule has 0 aliphatic carbocycles. The molecule has 4 rings (SSSR count). The molecule has 2 nitrogen and oxygen atoms in total. The summed E-state index contributed by atoms with van der Waals surface area (Å²) in [4.78, 5) is 4.19. The Morgan fingerprint density at radius 2 is 1.59 bits per heavy atom. The van der Waals surface area contributed by atoms with E-state index in [1.54, 1.807) is 24.3 Å². The van der Waals surface area contributed by atoms with Gasteiger partial charge in [-0.05, 0) is 53.3 Å². The maximum absolute atomic E-state index is 13.5. The highest BCUT2D eigenvalue weighted by Gasteiger charge is 2.33. The standard InChI is InChI=1S/C24H18F3NO/c25-24(26,27)21-11-5-10-20-22(17-8-4-9-19(29)14-17)18(15-28-23(20)21)13-12-16-6-2-1-3-7-16/h1-11,14-15,29H,12-13H2. The maximum Gasteiger partial charge on any atom is 0.418 e. The normalized spacial score (nSPS) is 11.7. The van der Waals surface area contributed by atoms with E-state index in [1.165, 1.54) is 18.3 Å². The van der Waals surface area contributed by atoms with Crippen LogP contribution in [0.25, 0.3) is 22.0 Å². The lowest BCUT2D eigenvalue weighted by molar-refractivity contribution is -0.136. The second kappa shape index (κ2) is 7.59. The highest BCUT2D eigenvalue weighted by Crippen LogP contribution is 2.39. The number of rotatable bonds is 4. The quantitative estimate of drug-likeness (QED) is 0.434. The molecule has 5 heteroatoms. The van der Waals surface area contributed by atoms with Crippen molar-refractivity contribution in [3.8, 4) is 16.9 Å². The number of hydrogen-bond donors (Lipinski definition) is 1. The Morgan fingerprint density at radius 3 is 2.31 bits per heavy atom. The van der Waals surface area contributed by atoms with Crippen LogP contribution in [0.5, 0.6) is 5.75 Å². The number of para-hydroxylation sites is 1. The topological polar surface area (TPSA) is 33.1 Å². The fourth-order valence-electron chi connectivity index (χ4n) is 3.61. The van der Waals surface area contributed by atoms with Gasteiger partial charge in [0, 0.05) is 11.6 Å². The SMILES string of the molecule is Oc1cccc(-c2c(CCc3ccccc3)cnc3c(C(F)(F)F)cccc23)c1. The van der Waals surface area contributed by atoms with Crippen LogP contribution in [0.4, 0.5) is 13.2 Å². The predicted molar refractivity (Wildman–Crippen MR) is 108 cm³/mol. The van der Waals surface area contributed by atoms with Crippen molar-refractivity contribution >= 4 is 10.9 Å². The Bertz CT molecular complexity index is 1150. The lowest BCUT2D eigenvalue weighted by Gasteiger charge is -2.16. The molecule has 0 saturated carbocycles. The summed E-state index contributed by atoms with van der Waals surface area (Å²) in [5, 5.41) is 10.4. The first kappa shape index (κ1) is 19.0. The van der Waals surface area contributed by atoms with Gasteiger partial charge in [-0.15, -0.1) is 0 Å². The number of benzene rings is 3. The number of aryl methyl sites for hydroxylation is 2. The van der Waals surface area contributed by atoms with Crippen LogP contribution in [0, 0.1) is 0 Å². The molecule has 0 fully saturated rings. The van der Waals surface area contributed by atoms with Gasteiger partial charge in [0.2, 0.25) is 0 Å². The predicted octanol–water partition coefficient (Wildman–Crippen LogP) is 6.41. The lowest BCUT2D eigenvalue weighted by atomic mass is 9.92.